The van der Waals surface area contributed by atoms with Crippen LogP contribution in [0.15, 0.2) is 34.7 Å². The van der Waals surface area contributed by atoms with Gasteiger partial charge in [-0.15, -0.1) is 10.2 Å². The molecule has 2 aromatic rings. The third-order valence-corrected chi connectivity index (χ3v) is 5.12. The highest BCUT2D eigenvalue weighted by Crippen LogP contribution is 2.33. The van der Waals surface area contributed by atoms with Crippen LogP contribution in [0.5, 0.6) is 0 Å². The summed E-state index contributed by atoms with van der Waals surface area (Å²) in [5.41, 5.74) is 1.00. The van der Waals surface area contributed by atoms with Crippen molar-refractivity contribution in [1.29, 1.82) is 0 Å². The quantitative estimate of drug-likeness (QED) is 0.862. The highest BCUT2D eigenvalue weighted by Gasteiger charge is 2.32. The fraction of sp³-hybridized carbons (Fsp3) is 0.556. The summed E-state index contributed by atoms with van der Waals surface area (Å²) in [6.45, 7) is 2.26. The predicted molar refractivity (Wildman–Crippen MR) is 85.5 cm³/mol. The van der Waals surface area contributed by atoms with E-state index in [0.717, 1.165) is 30.5 Å². The molecule has 1 unspecified atom stereocenters. The Morgan fingerprint density at radius 1 is 0.955 bits per heavy atom. The second kappa shape index (κ2) is 6.21. The molecule has 4 heteroatoms. The van der Waals surface area contributed by atoms with Crippen molar-refractivity contribution in [3.8, 4) is 11.5 Å². The third-order valence-electron chi connectivity index (χ3n) is 5.12. The number of benzene rings is 1. The minimum atomic E-state index is 0.409. The Morgan fingerprint density at radius 2 is 1.77 bits per heavy atom. The summed E-state index contributed by atoms with van der Waals surface area (Å²) < 4.78 is 5.94. The van der Waals surface area contributed by atoms with E-state index in [4.69, 9.17) is 4.42 Å². The fourth-order valence-corrected chi connectivity index (χ4v) is 3.86. The number of rotatable bonds is 3. The Kier molecular flexibility index (Phi) is 3.94. The first kappa shape index (κ1) is 13.9. The monoisotopic (exact) mass is 297 g/mol. The van der Waals surface area contributed by atoms with Gasteiger partial charge in [0.2, 0.25) is 11.8 Å². The molecule has 22 heavy (non-hydrogen) atoms. The van der Waals surface area contributed by atoms with Gasteiger partial charge in [0.25, 0.3) is 0 Å². The van der Waals surface area contributed by atoms with Gasteiger partial charge in [0.05, 0.1) is 5.92 Å². The molecule has 0 bridgehead atoms. The SMILES string of the molecule is c1ccc(-c2nnc(C3CCN(C4CCCCC4)C3)o2)cc1. The van der Waals surface area contributed by atoms with Crippen molar-refractivity contribution in [2.24, 2.45) is 0 Å². The van der Waals surface area contributed by atoms with E-state index in [9.17, 15) is 0 Å². The van der Waals surface area contributed by atoms with Gasteiger partial charge in [0.1, 0.15) is 0 Å². The van der Waals surface area contributed by atoms with Crippen molar-refractivity contribution in [2.75, 3.05) is 13.1 Å². The normalized spacial score (nSPS) is 23.9. The van der Waals surface area contributed by atoms with Gasteiger partial charge in [-0.1, -0.05) is 37.5 Å². The molecule has 2 fully saturated rings. The Hall–Kier alpha value is -1.68. The minimum absolute atomic E-state index is 0.409. The molecule has 2 aliphatic rings. The van der Waals surface area contributed by atoms with Crippen LogP contribution in [0, 0.1) is 0 Å². The summed E-state index contributed by atoms with van der Waals surface area (Å²) in [5, 5.41) is 8.54. The molecular weight excluding hydrogens is 274 g/mol. The molecule has 0 radical (unpaired) electrons. The molecule has 0 amide bonds. The van der Waals surface area contributed by atoms with E-state index in [1.165, 1.54) is 38.6 Å². The Balaban J connectivity index is 1.44. The van der Waals surface area contributed by atoms with E-state index < -0.39 is 0 Å². The number of nitrogens with zero attached hydrogens (tertiary/aromatic N) is 3. The van der Waals surface area contributed by atoms with Gasteiger partial charge in [-0.25, -0.2) is 0 Å². The maximum atomic E-state index is 5.94. The first-order valence-corrected chi connectivity index (χ1v) is 8.53. The summed E-state index contributed by atoms with van der Waals surface area (Å²) in [7, 11) is 0. The van der Waals surface area contributed by atoms with Crippen molar-refractivity contribution < 1.29 is 4.42 Å². The molecule has 0 N–H and O–H groups in total. The molecule has 1 aliphatic heterocycles. The predicted octanol–water partition coefficient (Wildman–Crippen LogP) is 3.86. The molecule has 1 aliphatic carbocycles. The number of hydrogen-bond donors (Lipinski definition) is 0. The lowest BCUT2D eigenvalue weighted by Gasteiger charge is -2.30. The maximum absolute atomic E-state index is 5.94. The Morgan fingerprint density at radius 3 is 2.59 bits per heavy atom. The van der Waals surface area contributed by atoms with E-state index in [-0.39, 0.29) is 0 Å². The third kappa shape index (κ3) is 2.80. The van der Waals surface area contributed by atoms with Crippen LogP contribution in [0.25, 0.3) is 11.5 Å². The van der Waals surface area contributed by atoms with Crippen LogP contribution >= 0.6 is 0 Å². The second-order valence-electron chi connectivity index (χ2n) is 6.58. The number of aromatic nitrogens is 2. The average molecular weight is 297 g/mol. The molecule has 1 aromatic heterocycles. The van der Waals surface area contributed by atoms with Crippen LogP contribution in [0.1, 0.15) is 50.3 Å². The van der Waals surface area contributed by atoms with Crippen LogP contribution in [0.3, 0.4) is 0 Å². The van der Waals surface area contributed by atoms with Crippen LogP contribution in [-0.2, 0) is 0 Å². The van der Waals surface area contributed by atoms with Crippen molar-refractivity contribution in [3.63, 3.8) is 0 Å². The molecular formula is C18H23N3O. The van der Waals surface area contributed by atoms with Gasteiger partial charge >= 0.3 is 0 Å². The van der Waals surface area contributed by atoms with Gasteiger partial charge < -0.3 is 4.42 Å². The summed E-state index contributed by atoms with van der Waals surface area (Å²) in [4.78, 5) is 2.65. The van der Waals surface area contributed by atoms with Gasteiger partial charge in [0, 0.05) is 18.2 Å². The topological polar surface area (TPSA) is 42.2 Å². The maximum Gasteiger partial charge on any atom is 0.247 e. The Bertz CT molecular complexity index is 604. The van der Waals surface area contributed by atoms with Crippen LogP contribution < -0.4 is 0 Å². The van der Waals surface area contributed by atoms with Gasteiger partial charge in [-0.05, 0) is 37.9 Å². The molecule has 1 aromatic carbocycles. The van der Waals surface area contributed by atoms with E-state index >= 15 is 0 Å². The largest absolute Gasteiger partial charge is 0.420 e. The summed E-state index contributed by atoms with van der Waals surface area (Å²) >= 11 is 0. The lowest BCUT2D eigenvalue weighted by molar-refractivity contribution is 0.187. The molecule has 4 rings (SSSR count). The molecule has 1 saturated heterocycles. The smallest absolute Gasteiger partial charge is 0.247 e. The number of hydrogen-bond acceptors (Lipinski definition) is 4. The molecule has 0 spiro atoms. The first-order chi connectivity index (χ1) is 10.9. The number of likely N-dealkylation sites (tertiary alicyclic amines) is 1. The highest BCUT2D eigenvalue weighted by molar-refractivity contribution is 5.51. The van der Waals surface area contributed by atoms with Crippen molar-refractivity contribution in [1.82, 2.24) is 15.1 Å². The summed E-state index contributed by atoms with van der Waals surface area (Å²) in [5.74, 6) is 1.87. The van der Waals surface area contributed by atoms with E-state index in [0.29, 0.717) is 11.8 Å². The molecule has 2 heterocycles. The van der Waals surface area contributed by atoms with E-state index in [1.54, 1.807) is 0 Å². The molecule has 1 saturated carbocycles. The van der Waals surface area contributed by atoms with Gasteiger partial charge in [-0.2, -0.15) is 0 Å². The zero-order chi connectivity index (χ0) is 14.8. The van der Waals surface area contributed by atoms with Crippen molar-refractivity contribution in [2.45, 2.75) is 50.5 Å². The highest BCUT2D eigenvalue weighted by atomic mass is 16.4. The van der Waals surface area contributed by atoms with Crippen LogP contribution in [-0.4, -0.2) is 34.2 Å². The summed E-state index contributed by atoms with van der Waals surface area (Å²) in [6, 6.07) is 10.8. The average Bonchev–Trinajstić information content (AvgIpc) is 3.26. The second-order valence-corrected chi connectivity index (χ2v) is 6.58. The molecule has 1 atom stereocenters. The lowest BCUT2D eigenvalue weighted by Crippen LogP contribution is -2.34. The van der Waals surface area contributed by atoms with Crippen LogP contribution in [0.2, 0.25) is 0 Å². The van der Waals surface area contributed by atoms with E-state index in [1.807, 2.05) is 30.3 Å². The molecule has 116 valence electrons. The van der Waals surface area contributed by atoms with Crippen LogP contribution in [0.4, 0.5) is 0 Å². The Labute approximate surface area is 131 Å². The van der Waals surface area contributed by atoms with Gasteiger partial charge in [-0.3, -0.25) is 4.90 Å². The minimum Gasteiger partial charge on any atom is -0.420 e. The van der Waals surface area contributed by atoms with Gasteiger partial charge in [0.15, 0.2) is 0 Å². The zero-order valence-corrected chi connectivity index (χ0v) is 12.9. The van der Waals surface area contributed by atoms with Crippen molar-refractivity contribution >= 4 is 0 Å². The lowest BCUT2D eigenvalue weighted by atomic mass is 9.94. The van der Waals surface area contributed by atoms with E-state index in [2.05, 4.69) is 15.1 Å². The first-order valence-electron chi connectivity index (χ1n) is 8.53. The standard InChI is InChI=1S/C18H23N3O/c1-3-7-14(8-4-1)17-19-20-18(22-17)15-11-12-21(13-15)16-9-5-2-6-10-16/h1,3-4,7-8,15-16H,2,5-6,9-13H2. The fourth-order valence-electron chi connectivity index (χ4n) is 3.86. The zero-order valence-electron chi connectivity index (χ0n) is 12.9. The summed E-state index contributed by atoms with van der Waals surface area (Å²) in [6.07, 6.45) is 8.08. The van der Waals surface area contributed by atoms with Crippen molar-refractivity contribution in [3.05, 3.63) is 36.2 Å². The molecule has 4 nitrogen and oxygen atoms in total.